The Morgan fingerprint density at radius 3 is 2.57 bits per heavy atom. The van der Waals surface area contributed by atoms with Crippen LogP contribution in [0.2, 0.25) is 0 Å². The maximum absolute atomic E-state index is 13.0. The van der Waals surface area contributed by atoms with Gasteiger partial charge in [-0.2, -0.15) is 13.2 Å². The average Bonchev–Trinajstić information content (AvgIpc) is 2.76. The van der Waals surface area contributed by atoms with Gasteiger partial charge in [-0.15, -0.1) is 0 Å². The smallest absolute Gasteiger partial charge is 0.400 e. The van der Waals surface area contributed by atoms with Gasteiger partial charge in [0.2, 0.25) is 0 Å². The molecule has 114 valence electrons. The van der Waals surface area contributed by atoms with Crippen molar-refractivity contribution in [1.82, 2.24) is 9.55 Å². The summed E-state index contributed by atoms with van der Waals surface area (Å²) in [6, 6.07) is 3.59. The van der Waals surface area contributed by atoms with E-state index in [1.54, 1.807) is 6.07 Å². The summed E-state index contributed by atoms with van der Waals surface area (Å²) >= 11 is 0. The molecular formula is C13H15F3N4O. The van der Waals surface area contributed by atoms with Crippen LogP contribution in [0, 0.1) is 19.8 Å². The molecule has 5 nitrogen and oxygen atoms in total. The zero-order valence-electron chi connectivity index (χ0n) is 11.5. The fraction of sp³-hybridized carbons (Fsp3) is 0.385. The lowest BCUT2D eigenvalue weighted by Gasteiger charge is -2.19. The van der Waals surface area contributed by atoms with E-state index in [9.17, 15) is 13.2 Å². The lowest BCUT2D eigenvalue weighted by Crippen LogP contribution is -2.38. The third-order valence-electron chi connectivity index (χ3n) is 3.48. The van der Waals surface area contributed by atoms with Crippen molar-refractivity contribution in [2.75, 3.05) is 0 Å². The summed E-state index contributed by atoms with van der Waals surface area (Å²) in [6.07, 6.45) is -3.28. The number of oxime groups is 1. The zero-order chi connectivity index (χ0) is 15.8. The molecule has 0 saturated carbocycles. The number of aryl methyl sites for hydroxylation is 2. The van der Waals surface area contributed by atoms with Crippen LogP contribution in [0.3, 0.4) is 0 Å². The van der Waals surface area contributed by atoms with E-state index >= 15 is 0 Å². The number of amidine groups is 1. The SMILES string of the molecule is Cc1cc2ncn(CC(/C(N)=N/O)C(F)(F)F)c2cc1C. The van der Waals surface area contributed by atoms with Gasteiger partial charge in [-0.3, -0.25) is 0 Å². The Morgan fingerprint density at radius 2 is 2.00 bits per heavy atom. The topological polar surface area (TPSA) is 76.4 Å². The minimum absolute atomic E-state index is 0.488. The summed E-state index contributed by atoms with van der Waals surface area (Å²) in [5.74, 6) is -2.94. The first-order valence-corrected chi connectivity index (χ1v) is 6.20. The average molecular weight is 300 g/mol. The van der Waals surface area contributed by atoms with Crippen LogP contribution in [-0.4, -0.2) is 26.8 Å². The molecule has 0 aliphatic heterocycles. The Hall–Kier alpha value is -2.25. The standard InChI is InChI=1S/C13H15F3N4O/c1-7-3-10-11(4-8(7)2)20(6-18-10)5-9(12(17)19-21)13(14,15)16/h3-4,6,9,21H,5H2,1-2H3,(H2,17,19). The van der Waals surface area contributed by atoms with Crippen molar-refractivity contribution in [1.29, 1.82) is 0 Å². The molecule has 21 heavy (non-hydrogen) atoms. The van der Waals surface area contributed by atoms with Crippen molar-refractivity contribution in [2.45, 2.75) is 26.6 Å². The third-order valence-corrected chi connectivity index (χ3v) is 3.48. The van der Waals surface area contributed by atoms with E-state index in [-0.39, 0.29) is 0 Å². The monoisotopic (exact) mass is 300 g/mol. The van der Waals surface area contributed by atoms with Gasteiger partial charge in [0.25, 0.3) is 0 Å². The van der Waals surface area contributed by atoms with E-state index in [0.29, 0.717) is 11.0 Å². The maximum atomic E-state index is 13.0. The number of aromatic nitrogens is 2. The number of benzene rings is 1. The number of nitrogens with zero attached hydrogens (tertiary/aromatic N) is 3. The highest BCUT2D eigenvalue weighted by atomic mass is 19.4. The first-order valence-electron chi connectivity index (χ1n) is 6.20. The summed E-state index contributed by atoms with van der Waals surface area (Å²) in [7, 11) is 0. The summed E-state index contributed by atoms with van der Waals surface area (Å²) in [6.45, 7) is 3.29. The second-order valence-corrected chi connectivity index (χ2v) is 4.94. The van der Waals surface area contributed by atoms with Crippen LogP contribution in [0.1, 0.15) is 11.1 Å². The molecule has 0 aliphatic rings. The molecule has 0 bridgehead atoms. The van der Waals surface area contributed by atoms with Crippen LogP contribution in [0.4, 0.5) is 13.2 Å². The van der Waals surface area contributed by atoms with Crippen molar-refractivity contribution < 1.29 is 18.4 Å². The molecule has 0 fully saturated rings. The summed E-state index contributed by atoms with van der Waals surface area (Å²) in [5, 5.41) is 11.0. The largest absolute Gasteiger partial charge is 0.409 e. The number of alkyl halides is 3. The van der Waals surface area contributed by atoms with Crippen LogP contribution in [-0.2, 0) is 6.54 Å². The van der Waals surface area contributed by atoms with E-state index in [1.807, 2.05) is 19.9 Å². The Kier molecular flexibility index (Phi) is 3.80. The molecule has 1 aromatic carbocycles. The predicted molar refractivity (Wildman–Crippen MR) is 72.2 cm³/mol. The van der Waals surface area contributed by atoms with Crippen molar-refractivity contribution in [3.05, 3.63) is 29.6 Å². The highest BCUT2D eigenvalue weighted by Crippen LogP contribution is 2.29. The molecule has 0 saturated heterocycles. The van der Waals surface area contributed by atoms with Crippen molar-refractivity contribution in [3.8, 4) is 0 Å². The van der Waals surface area contributed by atoms with Crippen molar-refractivity contribution >= 4 is 16.9 Å². The van der Waals surface area contributed by atoms with Gasteiger partial charge in [0.15, 0.2) is 5.84 Å². The Bertz CT molecular complexity index is 691. The van der Waals surface area contributed by atoms with Gasteiger partial charge < -0.3 is 15.5 Å². The molecule has 8 heteroatoms. The van der Waals surface area contributed by atoms with Crippen LogP contribution >= 0.6 is 0 Å². The molecule has 2 aromatic rings. The fourth-order valence-electron chi connectivity index (χ4n) is 2.09. The number of rotatable bonds is 3. The highest BCUT2D eigenvalue weighted by Gasteiger charge is 2.43. The Balaban J connectivity index is 2.44. The highest BCUT2D eigenvalue weighted by molar-refractivity contribution is 5.83. The molecule has 0 amide bonds. The van der Waals surface area contributed by atoms with E-state index in [4.69, 9.17) is 10.9 Å². The minimum Gasteiger partial charge on any atom is -0.409 e. The quantitative estimate of drug-likeness (QED) is 0.396. The summed E-state index contributed by atoms with van der Waals surface area (Å²) in [4.78, 5) is 4.09. The second-order valence-electron chi connectivity index (χ2n) is 4.94. The van der Waals surface area contributed by atoms with Crippen LogP contribution in [0.15, 0.2) is 23.6 Å². The third kappa shape index (κ3) is 2.93. The predicted octanol–water partition coefficient (Wildman–Crippen LogP) is 2.58. The number of fused-ring (bicyclic) bond motifs is 1. The van der Waals surface area contributed by atoms with Crippen LogP contribution < -0.4 is 5.73 Å². The summed E-state index contributed by atoms with van der Waals surface area (Å²) in [5.41, 5.74) is 8.32. The van der Waals surface area contributed by atoms with E-state index in [1.165, 1.54) is 10.9 Å². The summed E-state index contributed by atoms with van der Waals surface area (Å²) < 4.78 is 40.3. The molecule has 0 spiro atoms. The van der Waals surface area contributed by atoms with Gasteiger partial charge in [0, 0.05) is 6.54 Å². The number of imidazole rings is 1. The number of nitrogens with two attached hydrogens (primary N) is 1. The number of halogens is 3. The number of hydrogen-bond acceptors (Lipinski definition) is 3. The van der Waals surface area contributed by atoms with Crippen molar-refractivity contribution in [3.63, 3.8) is 0 Å². The first kappa shape index (κ1) is 15.1. The molecule has 2 rings (SSSR count). The Labute approximate surface area is 118 Å². The molecular weight excluding hydrogens is 285 g/mol. The van der Waals surface area contributed by atoms with Crippen LogP contribution in [0.25, 0.3) is 11.0 Å². The fourth-order valence-corrected chi connectivity index (χ4v) is 2.09. The van der Waals surface area contributed by atoms with Gasteiger partial charge in [0.05, 0.1) is 17.4 Å². The zero-order valence-corrected chi connectivity index (χ0v) is 11.5. The first-order chi connectivity index (χ1) is 9.74. The van der Waals surface area contributed by atoms with Gasteiger partial charge >= 0.3 is 6.18 Å². The molecule has 1 atom stereocenters. The van der Waals surface area contributed by atoms with E-state index < -0.39 is 24.5 Å². The molecule has 1 unspecified atom stereocenters. The molecule has 0 radical (unpaired) electrons. The Morgan fingerprint density at radius 1 is 1.38 bits per heavy atom. The van der Waals surface area contributed by atoms with Crippen molar-refractivity contribution in [2.24, 2.45) is 16.8 Å². The van der Waals surface area contributed by atoms with Gasteiger partial charge in [-0.05, 0) is 37.1 Å². The normalized spacial score (nSPS) is 14.6. The lowest BCUT2D eigenvalue weighted by molar-refractivity contribution is -0.158. The van der Waals surface area contributed by atoms with E-state index in [2.05, 4.69) is 10.1 Å². The van der Waals surface area contributed by atoms with Gasteiger partial charge in [-0.1, -0.05) is 5.16 Å². The van der Waals surface area contributed by atoms with Gasteiger partial charge in [-0.25, -0.2) is 4.98 Å². The molecule has 1 aromatic heterocycles. The maximum Gasteiger partial charge on any atom is 0.400 e. The number of hydrogen-bond donors (Lipinski definition) is 2. The van der Waals surface area contributed by atoms with Gasteiger partial charge in [0.1, 0.15) is 5.92 Å². The molecule has 0 aliphatic carbocycles. The molecule has 3 N–H and O–H groups in total. The second kappa shape index (κ2) is 5.27. The lowest BCUT2D eigenvalue weighted by atomic mass is 10.1. The molecule has 1 heterocycles. The van der Waals surface area contributed by atoms with Crippen LogP contribution in [0.5, 0.6) is 0 Å². The van der Waals surface area contributed by atoms with E-state index in [0.717, 1.165) is 11.1 Å². The minimum atomic E-state index is -4.60.